The number of allylic oxidation sites excluding steroid dienone is 3. The fourth-order valence-corrected chi connectivity index (χ4v) is 2.19. The molecule has 0 bridgehead atoms. The number of carbonyl (C=O) groups excluding carboxylic acids is 1. The number of alkyl halides is 1. The first-order valence-corrected chi connectivity index (χ1v) is 7.65. The highest BCUT2D eigenvalue weighted by atomic mass is 127. The molecular weight excluding hydrogens is 369 g/mol. The van der Waals surface area contributed by atoms with Crippen LogP contribution in [0.3, 0.4) is 0 Å². The number of nitrogens with zero attached hydrogens (tertiary/aromatic N) is 1. The van der Waals surface area contributed by atoms with E-state index < -0.39 is 5.60 Å². The van der Waals surface area contributed by atoms with E-state index in [4.69, 9.17) is 15.9 Å². The molecule has 4 nitrogen and oxygen atoms in total. The smallest absolute Gasteiger partial charge is 0.415 e. The van der Waals surface area contributed by atoms with Crippen molar-refractivity contribution < 1.29 is 14.3 Å². The Labute approximate surface area is 134 Å². The predicted molar refractivity (Wildman–Crippen MR) is 87.4 cm³/mol. The quantitative estimate of drug-likeness (QED) is 0.413. The molecular formula is C15H20INO3. The highest BCUT2D eigenvalue weighted by molar-refractivity contribution is 14.1. The van der Waals surface area contributed by atoms with Gasteiger partial charge in [0, 0.05) is 0 Å². The van der Waals surface area contributed by atoms with Crippen molar-refractivity contribution in [3.63, 3.8) is 0 Å². The number of halogens is 1. The lowest BCUT2D eigenvalue weighted by Crippen LogP contribution is -2.41. The van der Waals surface area contributed by atoms with Crippen LogP contribution in [0.1, 0.15) is 27.7 Å². The molecule has 0 spiro atoms. The van der Waals surface area contributed by atoms with Crippen LogP contribution in [0.25, 0.3) is 0 Å². The molecule has 1 heterocycles. The molecule has 20 heavy (non-hydrogen) atoms. The fraction of sp³-hybridized carbons (Fsp3) is 0.533. The van der Waals surface area contributed by atoms with Crippen LogP contribution >= 0.6 is 22.6 Å². The van der Waals surface area contributed by atoms with Gasteiger partial charge >= 0.3 is 6.09 Å². The summed E-state index contributed by atoms with van der Waals surface area (Å²) in [5.74, 6) is 3.25. The minimum atomic E-state index is -0.535. The van der Waals surface area contributed by atoms with Crippen LogP contribution in [0.15, 0.2) is 23.6 Å². The second kappa shape index (κ2) is 7.02. The molecule has 0 saturated carbocycles. The Hall–Kier alpha value is -1.16. The molecule has 0 radical (unpaired) electrons. The van der Waals surface area contributed by atoms with Gasteiger partial charge in [0.15, 0.2) is 0 Å². The van der Waals surface area contributed by atoms with Crippen molar-refractivity contribution >= 4 is 28.7 Å². The molecule has 1 amide bonds. The van der Waals surface area contributed by atoms with Crippen LogP contribution in [0.2, 0.25) is 0 Å². The number of carbonyl (C=O) groups is 1. The van der Waals surface area contributed by atoms with Gasteiger partial charge in [-0.05, 0) is 33.8 Å². The van der Waals surface area contributed by atoms with Gasteiger partial charge in [-0.15, -0.1) is 6.42 Å². The highest BCUT2D eigenvalue weighted by Crippen LogP contribution is 2.26. The van der Waals surface area contributed by atoms with Gasteiger partial charge in [0.05, 0.1) is 12.2 Å². The van der Waals surface area contributed by atoms with Gasteiger partial charge in [0.1, 0.15) is 21.9 Å². The summed E-state index contributed by atoms with van der Waals surface area (Å²) < 4.78 is 10.8. The predicted octanol–water partition coefficient (Wildman–Crippen LogP) is 3.48. The molecule has 5 heteroatoms. The van der Waals surface area contributed by atoms with E-state index in [1.165, 1.54) is 0 Å². The maximum Gasteiger partial charge on any atom is 0.415 e. The minimum Gasteiger partial charge on any atom is -0.492 e. The summed E-state index contributed by atoms with van der Waals surface area (Å²) >= 11 is 2.11. The van der Waals surface area contributed by atoms with Crippen LogP contribution in [0, 0.1) is 12.3 Å². The van der Waals surface area contributed by atoms with Crippen LogP contribution in [0.4, 0.5) is 4.79 Å². The lowest BCUT2D eigenvalue weighted by Gasteiger charge is -2.33. The van der Waals surface area contributed by atoms with Crippen LogP contribution in [0.5, 0.6) is 0 Å². The van der Waals surface area contributed by atoms with E-state index in [0.29, 0.717) is 24.6 Å². The number of hydrogen-bond acceptors (Lipinski definition) is 3. The van der Waals surface area contributed by atoms with Crippen LogP contribution in [-0.4, -0.2) is 33.7 Å². The lowest BCUT2D eigenvalue weighted by molar-refractivity contribution is 0.0218. The van der Waals surface area contributed by atoms with Gasteiger partial charge in [0.25, 0.3) is 0 Å². The zero-order valence-corrected chi connectivity index (χ0v) is 14.4. The molecule has 0 aromatic rings. The summed E-state index contributed by atoms with van der Waals surface area (Å²) in [4.78, 5) is 13.9. The zero-order valence-electron chi connectivity index (χ0n) is 12.3. The van der Waals surface area contributed by atoms with E-state index in [2.05, 4.69) is 28.5 Å². The Bertz CT molecular complexity index is 468. The Morgan fingerprint density at radius 2 is 2.25 bits per heavy atom. The van der Waals surface area contributed by atoms with E-state index in [-0.39, 0.29) is 10.0 Å². The van der Waals surface area contributed by atoms with Crippen LogP contribution < -0.4 is 0 Å². The second-order valence-electron chi connectivity index (χ2n) is 5.26. The average Bonchev–Trinajstić information content (AvgIpc) is 2.36. The number of terminal acetylenes is 1. The van der Waals surface area contributed by atoms with Gasteiger partial charge < -0.3 is 9.47 Å². The lowest BCUT2D eigenvalue weighted by atomic mass is 10.2. The Morgan fingerprint density at radius 1 is 1.60 bits per heavy atom. The molecule has 1 atom stereocenters. The van der Waals surface area contributed by atoms with Gasteiger partial charge in [0.2, 0.25) is 0 Å². The molecule has 1 aliphatic rings. The molecule has 110 valence electrons. The topological polar surface area (TPSA) is 38.8 Å². The number of hydrogen-bond donors (Lipinski definition) is 0. The molecule has 1 rings (SSSR count). The highest BCUT2D eigenvalue weighted by Gasteiger charge is 2.30. The van der Waals surface area contributed by atoms with Crippen LogP contribution in [-0.2, 0) is 9.47 Å². The zero-order chi connectivity index (χ0) is 15.3. The molecule has 0 aromatic heterocycles. The SMILES string of the molecule is C#CC(I)C1=C(/C=C\C)N(C(=O)OC(C)(C)C)CCO1. The van der Waals surface area contributed by atoms with E-state index >= 15 is 0 Å². The van der Waals surface area contributed by atoms with E-state index in [9.17, 15) is 4.79 Å². The molecule has 0 saturated heterocycles. The van der Waals surface area contributed by atoms with E-state index in [0.717, 1.165) is 0 Å². The van der Waals surface area contributed by atoms with E-state index in [1.54, 1.807) is 4.90 Å². The average molecular weight is 389 g/mol. The first-order valence-electron chi connectivity index (χ1n) is 6.40. The monoisotopic (exact) mass is 389 g/mol. The standard InChI is InChI=1S/C15H20INO3/c1-6-8-12-13(11(16)7-2)19-10-9-17(12)14(18)20-15(3,4)5/h2,6,8,11H,9-10H2,1,3-5H3/b8-6-. The van der Waals surface area contributed by atoms with Crippen molar-refractivity contribution in [1.29, 1.82) is 0 Å². The molecule has 1 aliphatic heterocycles. The summed E-state index contributed by atoms with van der Waals surface area (Å²) in [6, 6.07) is 0. The van der Waals surface area contributed by atoms with E-state index in [1.807, 2.05) is 39.8 Å². The minimum absolute atomic E-state index is 0.218. The van der Waals surface area contributed by atoms with Gasteiger partial charge in [-0.1, -0.05) is 34.6 Å². The third kappa shape index (κ3) is 4.44. The fourth-order valence-electron chi connectivity index (χ4n) is 1.69. The molecule has 0 aromatic carbocycles. The number of rotatable bonds is 2. The summed E-state index contributed by atoms with van der Waals surface area (Å²) in [7, 11) is 0. The summed E-state index contributed by atoms with van der Waals surface area (Å²) in [6.45, 7) is 8.27. The Balaban J connectivity index is 3.12. The number of ether oxygens (including phenoxy) is 2. The van der Waals surface area contributed by atoms with Gasteiger partial charge in [-0.2, -0.15) is 0 Å². The first kappa shape index (κ1) is 16.9. The largest absolute Gasteiger partial charge is 0.492 e. The molecule has 0 fully saturated rings. The van der Waals surface area contributed by atoms with Crippen molar-refractivity contribution in [3.05, 3.63) is 23.6 Å². The van der Waals surface area contributed by atoms with Crippen molar-refractivity contribution in [1.82, 2.24) is 4.90 Å². The van der Waals surface area contributed by atoms with Crippen molar-refractivity contribution in [2.24, 2.45) is 0 Å². The Kier molecular flexibility index (Phi) is 5.93. The van der Waals surface area contributed by atoms with Crippen molar-refractivity contribution in [2.45, 2.75) is 37.2 Å². The molecule has 1 unspecified atom stereocenters. The molecule has 0 aliphatic carbocycles. The third-order valence-corrected chi connectivity index (χ3v) is 3.36. The molecule has 0 N–H and O–H groups in total. The second-order valence-corrected chi connectivity index (χ2v) is 6.50. The van der Waals surface area contributed by atoms with Gasteiger partial charge in [-0.3, -0.25) is 4.90 Å². The summed E-state index contributed by atoms with van der Waals surface area (Å²) in [5.41, 5.74) is 0.136. The van der Waals surface area contributed by atoms with Crippen molar-refractivity contribution in [3.8, 4) is 12.3 Å². The maximum absolute atomic E-state index is 12.3. The first-order chi connectivity index (χ1) is 9.30. The summed E-state index contributed by atoms with van der Waals surface area (Å²) in [6.07, 6.45) is 8.74. The third-order valence-electron chi connectivity index (χ3n) is 2.43. The van der Waals surface area contributed by atoms with Crippen molar-refractivity contribution in [2.75, 3.05) is 13.2 Å². The maximum atomic E-state index is 12.3. The normalized spacial score (nSPS) is 17.7. The Morgan fingerprint density at radius 3 is 2.75 bits per heavy atom. The summed E-state index contributed by atoms with van der Waals surface area (Å²) in [5, 5.41) is 0. The number of amides is 1. The van der Waals surface area contributed by atoms with Gasteiger partial charge in [-0.25, -0.2) is 4.79 Å².